The summed E-state index contributed by atoms with van der Waals surface area (Å²) in [6.45, 7) is 2.70. The average Bonchev–Trinajstić information content (AvgIpc) is 3.05. The standard InChI is InChI=1S/C19H21NO3S2/c1-15-5-2-3-6-16(15)8-9-19(21)20-11-10-18(17-7-4-13-24-17)25(22,23)14-12-20/h2-9,13,18H,10-12,14H2,1H3/b9-8+. The first-order valence-corrected chi connectivity index (χ1v) is 10.8. The highest BCUT2D eigenvalue weighted by Gasteiger charge is 2.32. The van der Waals surface area contributed by atoms with Crippen LogP contribution in [0.5, 0.6) is 0 Å². The molecule has 0 aliphatic carbocycles. The molecule has 25 heavy (non-hydrogen) atoms. The molecule has 0 radical (unpaired) electrons. The fourth-order valence-electron chi connectivity index (χ4n) is 3.00. The molecule has 0 spiro atoms. The highest BCUT2D eigenvalue weighted by Crippen LogP contribution is 2.32. The van der Waals surface area contributed by atoms with E-state index >= 15 is 0 Å². The molecule has 1 fully saturated rings. The van der Waals surface area contributed by atoms with Crippen LogP contribution in [-0.2, 0) is 14.6 Å². The van der Waals surface area contributed by atoms with Gasteiger partial charge in [0.1, 0.15) is 0 Å². The third-order valence-electron chi connectivity index (χ3n) is 4.51. The second-order valence-electron chi connectivity index (χ2n) is 6.17. The Morgan fingerprint density at radius 2 is 2.00 bits per heavy atom. The van der Waals surface area contributed by atoms with E-state index in [9.17, 15) is 13.2 Å². The quantitative estimate of drug-likeness (QED) is 0.772. The van der Waals surface area contributed by atoms with E-state index in [2.05, 4.69) is 0 Å². The summed E-state index contributed by atoms with van der Waals surface area (Å²) in [7, 11) is -3.23. The van der Waals surface area contributed by atoms with E-state index < -0.39 is 15.1 Å². The third-order valence-corrected chi connectivity index (χ3v) is 7.75. The molecule has 6 heteroatoms. The summed E-state index contributed by atoms with van der Waals surface area (Å²) in [6.07, 6.45) is 3.79. The Balaban J connectivity index is 1.72. The molecule has 1 aromatic heterocycles. The first kappa shape index (κ1) is 17.9. The number of amides is 1. The van der Waals surface area contributed by atoms with Gasteiger partial charge in [0.05, 0.1) is 11.0 Å². The van der Waals surface area contributed by atoms with E-state index in [1.165, 1.54) is 11.3 Å². The van der Waals surface area contributed by atoms with Gasteiger partial charge in [0, 0.05) is 24.0 Å². The van der Waals surface area contributed by atoms with Crippen LogP contribution in [0.2, 0.25) is 0 Å². The minimum Gasteiger partial charge on any atom is -0.338 e. The first-order chi connectivity index (χ1) is 12.0. The Bertz CT molecular complexity index is 870. The highest BCUT2D eigenvalue weighted by atomic mass is 32.2. The Morgan fingerprint density at radius 3 is 2.72 bits per heavy atom. The number of carbonyl (C=O) groups excluding carboxylic acids is 1. The average molecular weight is 376 g/mol. The minimum absolute atomic E-state index is 0.0134. The molecule has 1 aliphatic heterocycles. The van der Waals surface area contributed by atoms with Crippen molar-refractivity contribution >= 4 is 33.2 Å². The molecule has 2 heterocycles. The van der Waals surface area contributed by atoms with Crippen LogP contribution in [0.4, 0.5) is 0 Å². The molecule has 132 valence electrons. The monoisotopic (exact) mass is 375 g/mol. The molecule has 1 atom stereocenters. The smallest absolute Gasteiger partial charge is 0.246 e. The molecule has 4 nitrogen and oxygen atoms in total. The summed E-state index contributed by atoms with van der Waals surface area (Å²) in [5.41, 5.74) is 2.09. The number of aryl methyl sites for hydroxylation is 1. The van der Waals surface area contributed by atoms with E-state index in [1.807, 2.05) is 48.7 Å². The molecule has 3 rings (SSSR count). The van der Waals surface area contributed by atoms with Crippen molar-refractivity contribution in [3.05, 3.63) is 63.9 Å². The molecule has 0 bridgehead atoms. The van der Waals surface area contributed by atoms with Gasteiger partial charge < -0.3 is 4.90 Å². The number of hydrogen-bond donors (Lipinski definition) is 0. The van der Waals surface area contributed by atoms with Crippen LogP contribution < -0.4 is 0 Å². The van der Waals surface area contributed by atoms with Gasteiger partial charge in [0.15, 0.2) is 9.84 Å². The van der Waals surface area contributed by atoms with Crippen molar-refractivity contribution in [3.63, 3.8) is 0 Å². The van der Waals surface area contributed by atoms with Crippen LogP contribution in [0, 0.1) is 6.92 Å². The Labute approximate surface area is 152 Å². The van der Waals surface area contributed by atoms with E-state index in [0.717, 1.165) is 16.0 Å². The van der Waals surface area contributed by atoms with Crippen molar-refractivity contribution in [1.82, 2.24) is 4.90 Å². The molecular formula is C19H21NO3S2. The van der Waals surface area contributed by atoms with Crippen molar-refractivity contribution in [2.75, 3.05) is 18.8 Å². The third kappa shape index (κ3) is 4.19. The van der Waals surface area contributed by atoms with Crippen LogP contribution in [0.1, 0.15) is 27.7 Å². The van der Waals surface area contributed by atoms with Gasteiger partial charge in [-0.1, -0.05) is 30.3 Å². The van der Waals surface area contributed by atoms with Gasteiger partial charge in [-0.05, 0) is 42.0 Å². The summed E-state index contributed by atoms with van der Waals surface area (Å²) in [4.78, 5) is 15.0. The number of nitrogens with zero attached hydrogens (tertiary/aromatic N) is 1. The number of carbonyl (C=O) groups is 1. The van der Waals surface area contributed by atoms with Gasteiger partial charge in [-0.2, -0.15) is 0 Å². The van der Waals surface area contributed by atoms with Crippen LogP contribution in [-0.4, -0.2) is 38.1 Å². The van der Waals surface area contributed by atoms with Gasteiger partial charge >= 0.3 is 0 Å². The zero-order valence-electron chi connectivity index (χ0n) is 14.1. The van der Waals surface area contributed by atoms with Gasteiger partial charge in [-0.3, -0.25) is 4.79 Å². The second-order valence-corrected chi connectivity index (χ2v) is 9.46. The number of sulfone groups is 1. The lowest BCUT2D eigenvalue weighted by atomic mass is 10.1. The number of thiophene rings is 1. The molecule has 1 saturated heterocycles. The van der Waals surface area contributed by atoms with Crippen molar-refractivity contribution in [1.29, 1.82) is 0 Å². The SMILES string of the molecule is Cc1ccccc1/C=C/C(=O)N1CCC(c2cccs2)S(=O)(=O)CC1. The maximum absolute atomic E-state index is 12.5. The Morgan fingerprint density at radius 1 is 1.20 bits per heavy atom. The molecule has 1 amide bonds. The maximum atomic E-state index is 12.5. The van der Waals surface area contributed by atoms with Crippen LogP contribution in [0.25, 0.3) is 6.08 Å². The van der Waals surface area contributed by atoms with Gasteiger partial charge in [0.2, 0.25) is 5.91 Å². The fourth-order valence-corrected chi connectivity index (χ4v) is 6.00. The van der Waals surface area contributed by atoms with Crippen molar-refractivity contribution in [2.24, 2.45) is 0 Å². The van der Waals surface area contributed by atoms with Gasteiger partial charge in [0.25, 0.3) is 0 Å². The lowest BCUT2D eigenvalue weighted by Gasteiger charge is -2.17. The van der Waals surface area contributed by atoms with Crippen molar-refractivity contribution in [2.45, 2.75) is 18.6 Å². The second kappa shape index (κ2) is 7.54. The first-order valence-electron chi connectivity index (χ1n) is 8.25. The summed E-state index contributed by atoms with van der Waals surface area (Å²) in [5, 5.41) is 1.40. The van der Waals surface area contributed by atoms with Crippen LogP contribution in [0.15, 0.2) is 47.9 Å². The molecule has 0 N–H and O–H groups in total. The van der Waals surface area contributed by atoms with Crippen LogP contribution >= 0.6 is 11.3 Å². The zero-order valence-corrected chi connectivity index (χ0v) is 15.7. The van der Waals surface area contributed by atoms with E-state index in [4.69, 9.17) is 0 Å². The number of benzene rings is 1. The molecule has 0 saturated carbocycles. The molecule has 1 unspecified atom stereocenters. The summed E-state index contributed by atoms with van der Waals surface area (Å²) < 4.78 is 25.1. The summed E-state index contributed by atoms with van der Waals surface area (Å²) >= 11 is 1.46. The highest BCUT2D eigenvalue weighted by molar-refractivity contribution is 7.91. The topological polar surface area (TPSA) is 54.5 Å². The van der Waals surface area contributed by atoms with Gasteiger partial charge in [-0.15, -0.1) is 11.3 Å². The normalized spacial score (nSPS) is 20.5. The Kier molecular flexibility index (Phi) is 5.39. The minimum atomic E-state index is -3.23. The lowest BCUT2D eigenvalue weighted by Crippen LogP contribution is -2.32. The van der Waals surface area contributed by atoms with Crippen LogP contribution in [0.3, 0.4) is 0 Å². The van der Waals surface area contributed by atoms with Crippen molar-refractivity contribution < 1.29 is 13.2 Å². The van der Waals surface area contributed by atoms with E-state index in [0.29, 0.717) is 13.0 Å². The molecule has 1 aliphatic rings. The zero-order chi connectivity index (χ0) is 17.9. The molecular weight excluding hydrogens is 354 g/mol. The fraction of sp³-hybridized carbons (Fsp3) is 0.316. The molecule has 2 aromatic rings. The lowest BCUT2D eigenvalue weighted by molar-refractivity contribution is -0.125. The summed E-state index contributed by atoms with van der Waals surface area (Å²) in [6, 6.07) is 11.6. The van der Waals surface area contributed by atoms with E-state index in [1.54, 1.807) is 17.1 Å². The summed E-state index contributed by atoms with van der Waals surface area (Å²) in [5.74, 6) is -0.121. The number of rotatable bonds is 3. The maximum Gasteiger partial charge on any atom is 0.246 e. The largest absolute Gasteiger partial charge is 0.338 e. The predicted octanol–water partition coefficient (Wildman–Crippen LogP) is 3.46. The molecule has 1 aromatic carbocycles. The van der Waals surface area contributed by atoms with Crippen molar-refractivity contribution in [3.8, 4) is 0 Å². The van der Waals surface area contributed by atoms with Gasteiger partial charge in [-0.25, -0.2) is 8.42 Å². The van der Waals surface area contributed by atoms with E-state index in [-0.39, 0.29) is 18.2 Å². The predicted molar refractivity (Wildman–Crippen MR) is 102 cm³/mol. The Hall–Kier alpha value is -1.92. The number of hydrogen-bond acceptors (Lipinski definition) is 4.